The molecule has 3 rings (SSSR count). The molecule has 1 saturated carbocycles. The van der Waals surface area contributed by atoms with Crippen LogP contribution in [0, 0.1) is 19.8 Å². The minimum absolute atomic E-state index is 0.314. The van der Waals surface area contributed by atoms with Gasteiger partial charge in [0, 0.05) is 24.0 Å². The number of nitrogens with one attached hydrogen (secondary N) is 1. The molecule has 1 unspecified atom stereocenters. The summed E-state index contributed by atoms with van der Waals surface area (Å²) in [6.45, 7) is 4.51. The van der Waals surface area contributed by atoms with Gasteiger partial charge in [0.05, 0.1) is 6.10 Å². The molecule has 0 aromatic carbocycles. The number of anilines is 1. The van der Waals surface area contributed by atoms with Crippen LogP contribution in [-0.2, 0) is 0 Å². The maximum Gasteiger partial charge on any atom is 0.180 e. The first-order valence-electron chi connectivity index (χ1n) is 8.33. The second-order valence-corrected chi connectivity index (χ2v) is 6.31. The lowest BCUT2D eigenvalue weighted by atomic mass is 10.0. The quantitative estimate of drug-likeness (QED) is 0.887. The first-order valence-corrected chi connectivity index (χ1v) is 8.33. The topological polar surface area (TPSA) is 70.9 Å². The zero-order valence-electron chi connectivity index (χ0n) is 13.8. The largest absolute Gasteiger partial charge is 0.391 e. The molecule has 0 radical (unpaired) electrons. The highest BCUT2D eigenvalue weighted by Crippen LogP contribution is 2.28. The van der Waals surface area contributed by atoms with Crippen LogP contribution in [0.25, 0.3) is 11.5 Å². The molecule has 2 N–H and O–H groups in total. The summed E-state index contributed by atoms with van der Waals surface area (Å²) in [5.41, 5.74) is 2.71. The maximum absolute atomic E-state index is 10.3. The standard InChI is InChI=1S/C18H24N4O/c1-12-13(2)21-18(15-9-5-6-10-19-15)22-17(12)20-11-16(23)14-7-3-4-8-14/h5-6,9-10,14,16,23H,3-4,7-8,11H2,1-2H3,(H,20,21,22). The first-order chi connectivity index (χ1) is 11.1. The molecule has 2 heterocycles. The van der Waals surface area contributed by atoms with E-state index in [-0.39, 0.29) is 6.10 Å². The van der Waals surface area contributed by atoms with Gasteiger partial charge in [0.1, 0.15) is 11.5 Å². The molecule has 0 bridgehead atoms. The number of aryl methyl sites for hydroxylation is 1. The van der Waals surface area contributed by atoms with Gasteiger partial charge in [-0.1, -0.05) is 18.9 Å². The van der Waals surface area contributed by atoms with Crippen LogP contribution < -0.4 is 5.32 Å². The summed E-state index contributed by atoms with van der Waals surface area (Å²) in [5.74, 6) is 1.82. The zero-order valence-corrected chi connectivity index (χ0v) is 13.8. The van der Waals surface area contributed by atoms with Crippen LogP contribution in [0.5, 0.6) is 0 Å². The monoisotopic (exact) mass is 312 g/mol. The van der Waals surface area contributed by atoms with Crippen molar-refractivity contribution in [1.82, 2.24) is 15.0 Å². The lowest BCUT2D eigenvalue weighted by Gasteiger charge is -2.19. The van der Waals surface area contributed by atoms with Crippen molar-refractivity contribution in [2.75, 3.05) is 11.9 Å². The lowest BCUT2D eigenvalue weighted by molar-refractivity contribution is 0.122. The molecule has 1 atom stereocenters. The van der Waals surface area contributed by atoms with E-state index in [0.717, 1.165) is 35.6 Å². The van der Waals surface area contributed by atoms with Crippen LogP contribution in [-0.4, -0.2) is 32.7 Å². The summed E-state index contributed by atoms with van der Waals surface area (Å²) in [6.07, 6.45) is 6.15. The van der Waals surface area contributed by atoms with Gasteiger partial charge in [-0.25, -0.2) is 9.97 Å². The van der Waals surface area contributed by atoms with Crippen molar-refractivity contribution in [3.63, 3.8) is 0 Å². The summed E-state index contributed by atoms with van der Waals surface area (Å²) >= 11 is 0. The smallest absolute Gasteiger partial charge is 0.180 e. The van der Waals surface area contributed by atoms with Gasteiger partial charge in [-0.15, -0.1) is 0 Å². The van der Waals surface area contributed by atoms with Gasteiger partial charge in [-0.3, -0.25) is 4.98 Å². The molecule has 0 spiro atoms. The van der Waals surface area contributed by atoms with E-state index >= 15 is 0 Å². The van der Waals surface area contributed by atoms with Crippen LogP contribution in [0.4, 0.5) is 5.82 Å². The van der Waals surface area contributed by atoms with Crippen LogP contribution in [0.1, 0.15) is 36.9 Å². The maximum atomic E-state index is 10.3. The summed E-state index contributed by atoms with van der Waals surface area (Å²) in [4.78, 5) is 13.5. The minimum atomic E-state index is -0.314. The number of aromatic nitrogens is 3. The fraction of sp³-hybridized carbons (Fsp3) is 0.500. The molecule has 2 aromatic rings. The van der Waals surface area contributed by atoms with Crippen LogP contribution in [0.2, 0.25) is 0 Å². The molecule has 0 aliphatic heterocycles. The Bertz CT molecular complexity index is 654. The number of aliphatic hydroxyl groups is 1. The third-order valence-electron chi connectivity index (χ3n) is 4.71. The molecule has 5 nitrogen and oxygen atoms in total. The highest BCUT2D eigenvalue weighted by Gasteiger charge is 2.23. The fourth-order valence-corrected chi connectivity index (χ4v) is 3.12. The van der Waals surface area contributed by atoms with Crippen LogP contribution >= 0.6 is 0 Å². The Morgan fingerprint density at radius 3 is 2.70 bits per heavy atom. The van der Waals surface area contributed by atoms with Crippen LogP contribution in [0.15, 0.2) is 24.4 Å². The zero-order chi connectivity index (χ0) is 16.2. The Kier molecular flexibility index (Phi) is 4.86. The highest BCUT2D eigenvalue weighted by molar-refractivity contribution is 5.56. The third kappa shape index (κ3) is 3.67. The molecule has 122 valence electrons. The van der Waals surface area contributed by atoms with Gasteiger partial charge in [0.2, 0.25) is 0 Å². The second-order valence-electron chi connectivity index (χ2n) is 6.31. The molecular formula is C18H24N4O. The predicted octanol–water partition coefficient (Wildman–Crippen LogP) is 3.12. The average molecular weight is 312 g/mol. The van der Waals surface area contributed by atoms with Gasteiger partial charge in [0.25, 0.3) is 0 Å². The van der Waals surface area contributed by atoms with Gasteiger partial charge in [0.15, 0.2) is 5.82 Å². The summed E-state index contributed by atoms with van der Waals surface area (Å²) < 4.78 is 0. The van der Waals surface area contributed by atoms with E-state index < -0.39 is 0 Å². The molecule has 1 aliphatic carbocycles. The Labute approximate surface area is 137 Å². The molecule has 1 fully saturated rings. The summed E-state index contributed by atoms with van der Waals surface area (Å²) in [5, 5.41) is 13.7. The molecule has 5 heteroatoms. The fourth-order valence-electron chi connectivity index (χ4n) is 3.12. The van der Waals surface area contributed by atoms with Crippen molar-refractivity contribution in [1.29, 1.82) is 0 Å². The van der Waals surface area contributed by atoms with E-state index in [2.05, 4.69) is 20.3 Å². The lowest BCUT2D eigenvalue weighted by Crippen LogP contribution is -2.27. The number of rotatable bonds is 5. The summed E-state index contributed by atoms with van der Waals surface area (Å²) in [6, 6.07) is 5.71. The number of hydrogen-bond acceptors (Lipinski definition) is 5. The van der Waals surface area contributed by atoms with E-state index in [1.165, 1.54) is 12.8 Å². The highest BCUT2D eigenvalue weighted by atomic mass is 16.3. The third-order valence-corrected chi connectivity index (χ3v) is 4.71. The van der Waals surface area contributed by atoms with Gasteiger partial charge < -0.3 is 10.4 Å². The minimum Gasteiger partial charge on any atom is -0.391 e. The van der Waals surface area contributed by atoms with Crippen molar-refractivity contribution in [2.45, 2.75) is 45.6 Å². The summed E-state index contributed by atoms with van der Waals surface area (Å²) in [7, 11) is 0. The number of nitrogens with zero attached hydrogens (tertiary/aromatic N) is 3. The van der Waals surface area contributed by atoms with E-state index in [4.69, 9.17) is 0 Å². The van der Waals surface area contributed by atoms with Crippen molar-refractivity contribution >= 4 is 5.82 Å². The van der Waals surface area contributed by atoms with E-state index in [9.17, 15) is 5.11 Å². The van der Waals surface area contributed by atoms with Gasteiger partial charge in [-0.2, -0.15) is 0 Å². The van der Waals surface area contributed by atoms with Crippen molar-refractivity contribution in [3.8, 4) is 11.5 Å². The van der Waals surface area contributed by atoms with E-state index in [1.54, 1.807) is 6.20 Å². The predicted molar refractivity (Wildman–Crippen MR) is 91.2 cm³/mol. The van der Waals surface area contributed by atoms with Crippen molar-refractivity contribution < 1.29 is 5.11 Å². The first kappa shape index (κ1) is 15.9. The molecule has 0 amide bonds. The molecule has 0 saturated heterocycles. The Morgan fingerprint density at radius 2 is 2.00 bits per heavy atom. The Hall–Kier alpha value is -2.01. The Balaban J connectivity index is 1.77. The van der Waals surface area contributed by atoms with Gasteiger partial charge in [-0.05, 0) is 44.7 Å². The van der Waals surface area contributed by atoms with Gasteiger partial charge >= 0.3 is 0 Å². The van der Waals surface area contributed by atoms with Crippen molar-refractivity contribution in [2.24, 2.45) is 5.92 Å². The van der Waals surface area contributed by atoms with Crippen LogP contribution in [0.3, 0.4) is 0 Å². The second kappa shape index (κ2) is 7.04. The van der Waals surface area contributed by atoms with E-state index in [1.807, 2.05) is 32.0 Å². The Morgan fingerprint density at radius 1 is 1.22 bits per heavy atom. The number of hydrogen-bond donors (Lipinski definition) is 2. The number of aliphatic hydroxyl groups excluding tert-OH is 1. The van der Waals surface area contributed by atoms with Crippen molar-refractivity contribution in [3.05, 3.63) is 35.7 Å². The normalized spacial score (nSPS) is 16.5. The molecular weight excluding hydrogens is 288 g/mol. The van der Waals surface area contributed by atoms with E-state index in [0.29, 0.717) is 18.3 Å². The molecule has 2 aromatic heterocycles. The average Bonchev–Trinajstić information content (AvgIpc) is 3.11. The number of pyridine rings is 1. The molecule has 1 aliphatic rings. The SMILES string of the molecule is Cc1nc(-c2ccccn2)nc(NCC(O)C2CCCC2)c1C. The molecule has 23 heavy (non-hydrogen) atoms.